The molecule has 2 heterocycles. The molecule has 1 aliphatic heterocycles. The number of anilines is 1. The normalized spacial score (nSPS) is 18.6. The van der Waals surface area contributed by atoms with Gasteiger partial charge in [0.25, 0.3) is 0 Å². The topological polar surface area (TPSA) is 77.3 Å². The second-order valence-corrected chi connectivity index (χ2v) is 5.40. The molecular weight excluding hydrogens is 254 g/mol. The Balaban J connectivity index is 2.10. The van der Waals surface area contributed by atoms with Crippen LogP contribution in [0.25, 0.3) is 0 Å². The van der Waals surface area contributed by atoms with Crippen molar-refractivity contribution >= 4 is 23.3 Å². The summed E-state index contributed by atoms with van der Waals surface area (Å²) in [5.74, 6) is 1.83. The number of pyridine rings is 1. The van der Waals surface area contributed by atoms with Crippen molar-refractivity contribution in [1.82, 2.24) is 4.98 Å². The molecule has 18 heavy (non-hydrogen) atoms. The van der Waals surface area contributed by atoms with Crippen LogP contribution in [0.5, 0.6) is 5.88 Å². The van der Waals surface area contributed by atoms with Crippen molar-refractivity contribution in [3.8, 4) is 5.88 Å². The molecule has 0 aliphatic carbocycles. The van der Waals surface area contributed by atoms with Crippen molar-refractivity contribution < 1.29 is 9.66 Å². The first-order valence-corrected chi connectivity index (χ1v) is 6.80. The maximum Gasteiger partial charge on any atom is 0.311 e. The van der Waals surface area contributed by atoms with Crippen LogP contribution in [0.2, 0.25) is 0 Å². The van der Waals surface area contributed by atoms with E-state index in [4.69, 9.17) is 4.74 Å². The van der Waals surface area contributed by atoms with E-state index in [1.807, 2.05) is 11.8 Å². The highest BCUT2D eigenvalue weighted by Gasteiger charge is 2.20. The van der Waals surface area contributed by atoms with Crippen molar-refractivity contribution in [1.29, 1.82) is 0 Å². The lowest BCUT2D eigenvalue weighted by Gasteiger charge is -2.11. The quantitative estimate of drug-likeness (QED) is 0.653. The summed E-state index contributed by atoms with van der Waals surface area (Å²) in [6.07, 6.45) is 2.36. The maximum absolute atomic E-state index is 10.9. The summed E-state index contributed by atoms with van der Waals surface area (Å²) in [6.45, 7) is 0.700. The van der Waals surface area contributed by atoms with Gasteiger partial charge in [-0.05, 0) is 18.6 Å². The van der Waals surface area contributed by atoms with E-state index in [0.717, 1.165) is 6.42 Å². The third-order valence-corrected chi connectivity index (χ3v) is 4.17. The first-order valence-electron chi connectivity index (χ1n) is 5.75. The first-order chi connectivity index (χ1) is 8.70. The van der Waals surface area contributed by atoms with Crippen LogP contribution in [0, 0.1) is 10.1 Å². The third-order valence-electron chi connectivity index (χ3n) is 2.78. The Morgan fingerprint density at radius 2 is 2.50 bits per heavy atom. The summed E-state index contributed by atoms with van der Waals surface area (Å²) in [6, 6.07) is 2.91. The minimum atomic E-state index is -0.434. The van der Waals surface area contributed by atoms with Crippen molar-refractivity contribution in [3.63, 3.8) is 0 Å². The third kappa shape index (κ3) is 3.04. The molecule has 1 saturated heterocycles. The molecule has 1 aromatic rings. The molecule has 0 amide bonds. The van der Waals surface area contributed by atoms with Gasteiger partial charge in [-0.3, -0.25) is 10.1 Å². The predicted molar refractivity (Wildman–Crippen MR) is 71.4 cm³/mol. The molecule has 2 rings (SSSR count). The predicted octanol–water partition coefficient (Wildman–Crippen LogP) is 2.31. The zero-order valence-corrected chi connectivity index (χ0v) is 10.9. The Morgan fingerprint density at radius 1 is 1.67 bits per heavy atom. The lowest BCUT2D eigenvalue weighted by atomic mass is 10.2. The van der Waals surface area contributed by atoms with E-state index in [1.165, 1.54) is 31.4 Å². The molecule has 1 aromatic heterocycles. The molecule has 1 fully saturated rings. The molecule has 1 atom stereocenters. The summed E-state index contributed by atoms with van der Waals surface area (Å²) in [4.78, 5) is 14.6. The standard InChI is InChI=1S/C11H15N3O3S/c1-17-10-5-4-9(14(15)16)11(13-10)12-7-8-3-2-6-18-8/h4-5,8H,2-3,6-7H2,1H3,(H,12,13). The van der Waals surface area contributed by atoms with E-state index in [-0.39, 0.29) is 11.5 Å². The van der Waals surface area contributed by atoms with Gasteiger partial charge in [0.1, 0.15) is 0 Å². The number of nitrogens with one attached hydrogen (secondary N) is 1. The number of methoxy groups -OCH3 is 1. The molecule has 1 N–H and O–H groups in total. The van der Waals surface area contributed by atoms with Gasteiger partial charge in [0.2, 0.25) is 11.7 Å². The van der Waals surface area contributed by atoms with Crippen LogP contribution < -0.4 is 10.1 Å². The molecule has 0 spiro atoms. The number of nitrogens with zero attached hydrogens (tertiary/aromatic N) is 2. The average molecular weight is 269 g/mol. The van der Waals surface area contributed by atoms with E-state index in [2.05, 4.69) is 10.3 Å². The van der Waals surface area contributed by atoms with Crippen molar-refractivity contribution in [2.45, 2.75) is 18.1 Å². The number of rotatable bonds is 5. The second kappa shape index (κ2) is 5.90. The van der Waals surface area contributed by atoms with Crippen LogP contribution in [-0.4, -0.2) is 34.6 Å². The van der Waals surface area contributed by atoms with Gasteiger partial charge in [-0.2, -0.15) is 16.7 Å². The van der Waals surface area contributed by atoms with Gasteiger partial charge in [-0.25, -0.2) is 0 Å². The molecule has 7 heteroatoms. The number of hydrogen-bond acceptors (Lipinski definition) is 6. The van der Waals surface area contributed by atoms with E-state index in [9.17, 15) is 10.1 Å². The van der Waals surface area contributed by atoms with Crippen molar-refractivity contribution in [3.05, 3.63) is 22.2 Å². The molecule has 98 valence electrons. The monoisotopic (exact) mass is 269 g/mol. The van der Waals surface area contributed by atoms with Gasteiger partial charge in [-0.1, -0.05) is 0 Å². The van der Waals surface area contributed by atoms with Gasteiger partial charge < -0.3 is 10.1 Å². The summed E-state index contributed by atoms with van der Waals surface area (Å²) < 4.78 is 4.98. The van der Waals surface area contributed by atoms with E-state index < -0.39 is 4.92 Å². The van der Waals surface area contributed by atoms with Crippen LogP contribution >= 0.6 is 11.8 Å². The van der Waals surface area contributed by atoms with Crippen LogP contribution in [-0.2, 0) is 0 Å². The summed E-state index contributed by atoms with van der Waals surface area (Å²) in [5, 5.41) is 14.5. The summed E-state index contributed by atoms with van der Waals surface area (Å²) in [5.41, 5.74) is -0.0150. The molecule has 1 unspecified atom stereocenters. The summed E-state index contributed by atoms with van der Waals surface area (Å²) >= 11 is 1.89. The van der Waals surface area contributed by atoms with Crippen LogP contribution in [0.3, 0.4) is 0 Å². The van der Waals surface area contributed by atoms with Crippen LogP contribution in [0.1, 0.15) is 12.8 Å². The van der Waals surface area contributed by atoms with Gasteiger partial charge in [-0.15, -0.1) is 0 Å². The zero-order chi connectivity index (χ0) is 13.0. The molecule has 0 bridgehead atoms. The number of hydrogen-bond donors (Lipinski definition) is 1. The Hall–Kier alpha value is -1.50. The Labute approximate surface area is 109 Å². The zero-order valence-electron chi connectivity index (χ0n) is 10.1. The first kappa shape index (κ1) is 12.9. The second-order valence-electron chi connectivity index (χ2n) is 3.99. The fourth-order valence-corrected chi connectivity index (χ4v) is 3.04. The lowest BCUT2D eigenvalue weighted by Crippen LogP contribution is -2.15. The highest BCUT2D eigenvalue weighted by atomic mass is 32.2. The molecule has 1 aliphatic rings. The Bertz CT molecular complexity index is 436. The average Bonchev–Trinajstić information content (AvgIpc) is 2.88. The van der Waals surface area contributed by atoms with E-state index >= 15 is 0 Å². The highest BCUT2D eigenvalue weighted by Crippen LogP contribution is 2.29. The maximum atomic E-state index is 10.9. The van der Waals surface area contributed by atoms with E-state index in [1.54, 1.807) is 0 Å². The number of aromatic nitrogens is 1. The fraction of sp³-hybridized carbons (Fsp3) is 0.545. The minimum Gasteiger partial charge on any atom is -0.481 e. The Morgan fingerprint density at radius 3 is 3.11 bits per heavy atom. The molecule has 6 nitrogen and oxygen atoms in total. The minimum absolute atomic E-state index is 0.0150. The van der Waals surface area contributed by atoms with Crippen LogP contribution in [0.4, 0.5) is 11.5 Å². The molecule has 0 aromatic carbocycles. The SMILES string of the molecule is COc1ccc([N+](=O)[O-])c(NCC2CCCS2)n1. The van der Waals surface area contributed by atoms with E-state index in [0.29, 0.717) is 17.7 Å². The van der Waals surface area contributed by atoms with Gasteiger partial charge >= 0.3 is 5.69 Å². The number of thioether (sulfide) groups is 1. The largest absolute Gasteiger partial charge is 0.481 e. The molecule has 0 radical (unpaired) electrons. The Kier molecular flexibility index (Phi) is 4.24. The van der Waals surface area contributed by atoms with Crippen LogP contribution in [0.15, 0.2) is 12.1 Å². The van der Waals surface area contributed by atoms with Crippen molar-refractivity contribution in [2.75, 3.05) is 24.7 Å². The smallest absolute Gasteiger partial charge is 0.311 e. The highest BCUT2D eigenvalue weighted by molar-refractivity contribution is 8.00. The van der Waals surface area contributed by atoms with Crippen molar-refractivity contribution in [2.24, 2.45) is 0 Å². The fourth-order valence-electron chi connectivity index (χ4n) is 1.84. The summed E-state index contributed by atoms with van der Waals surface area (Å²) in [7, 11) is 1.49. The lowest BCUT2D eigenvalue weighted by molar-refractivity contribution is -0.384. The molecular formula is C11H15N3O3S. The number of ether oxygens (including phenoxy) is 1. The van der Waals surface area contributed by atoms with Gasteiger partial charge in [0, 0.05) is 23.9 Å². The van der Waals surface area contributed by atoms with Gasteiger partial charge in [0.15, 0.2) is 0 Å². The molecule has 0 saturated carbocycles. The number of nitro groups is 1. The van der Waals surface area contributed by atoms with Gasteiger partial charge in [0.05, 0.1) is 12.0 Å².